The molecule has 2 aromatic rings. The summed E-state index contributed by atoms with van der Waals surface area (Å²) in [5.41, 5.74) is 1.81. The average molecular weight is 570 g/mol. The lowest BCUT2D eigenvalue weighted by Gasteiger charge is -2.46. The van der Waals surface area contributed by atoms with E-state index >= 15 is 0 Å². The van der Waals surface area contributed by atoms with E-state index in [1.165, 1.54) is 0 Å². The SMILES string of the molecule is CN(c1nc(Nc2ccc(N3CCN(C(=O)O)C(C(C)(C)C)C3)cc2)ncc1Br)C1CCCO1.Cl. The number of nitrogens with zero attached hydrogens (tertiary/aromatic N) is 5. The van der Waals surface area contributed by atoms with Crippen LogP contribution in [0.1, 0.15) is 33.6 Å². The Morgan fingerprint density at radius 1 is 1.26 bits per heavy atom. The third-order valence-electron chi connectivity index (χ3n) is 6.51. The second-order valence-corrected chi connectivity index (χ2v) is 10.8. The number of benzene rings is 1. The third kappa shape index (κ3) is 6.29. The van der Waals surface area contributed by atoms with Crippen molar-refractivity contribution >= 4 is 57.6 Å². The van der Waals surface area contributed by atoms with Crippen LogP contribution in [0, 0.1) is 5.41 Å². The molecule has 35 heavy (non-hydrogen) atoms. The van der Waals surface area contributed by atoms with Crippen LogP contribution >= 0.6 is 28.3 Å². The van der Waals surface area contributed by atoms with Gasteiger partial charge in [0.25, 0.3) is 0 Å². The van der Waals surface area contributed by atoms with Gasteiger partial charge in [0.05, 0.1) is 10.5 Å². The lowest BCUT2D eigenvalue weighted by atomic mass is 9.84. The van der Waals surface area contributed by atoms with E-state index in [1.807, 2.05) is 24.1 Å². The summed E-state index contributed by atoms with van der Waals surface area (Å²) >= 11 is 3.55. The second kappa shape index (κ2) is 11.2. The first-order valence-corrected chi connectivity index (χ1v) is 12.4. The average Bonchev–Trinajstić information content (AvgIpc) is 3.34. The number of ether oxygens (including phenoxy) is 1. The van der Waals surface area contributed by atoms with Gasteiger partial charge in [0.15, 0.2) is 0 Å². The molecule has 1 amide bonds. The van der Waals surface area contributed by atoms with Crippen molar-refractivity contribution < 1.29 is 14.6 Å². The van der Waals surface area contributed by atoms with Crippen molar-refractivity contribution in [2.45, 2.75) is 45.9 Å². The van der Waals surface area contributed by atoms with E-state index in [0.29, 0.717) is 25.6 Å². The number of carbonyl (C=O) groups is 1. The van der Waals surface area contributed by atoms with Crippen LogP contribution in [-0.4, -0.2) is 71.6 Å². The molecule has 2 saturated heterocycles. The minimum atomic E-state index is -0.849. The highest BCUT2D eigenvalue weighted by Crippen LogP contribution is 2.32. The number of hydrogen-bond donors (Lipinski definition) is 2. The van der Waals surface area contributed by atoms with Gasteiger partial charge < -0.3 is 29.9 Å². The van der Waals surface area contributed by atoms with Crippen molar-refractivity contribution in [3.63, 3.8) is 0 Å². The Balaban J connectivity index is 0.00000342. The Labute approximate surface area is 221 Å². The molecule has 4 rings (SSSR count). The van der Waals surface area contributed by atoms with Gasteiger partial charge in [0, 0.05) is 50.9 Å². The maximum Gasteiger partial charge on any atom is 0.407 e. The Hall–Kier alpha value is -2.30. The van der Waals surface area contributed by atoms with Gasteiger partial charge in [-0.3, -0.25) is 0 Å². The fraction of sp³-hybridized carbons (Fsp3) is 0.542. The molecule has 0 bridgehead atoms. The van der Waals surface area contributed by atoms with Gasteiger partial charge in [0.2, 0.25) is 5.95 Å². The van der Waals surface area contributed by atoms with E-state index in [-0.39, 0.29) is 30.1 Å². The maximum atomic E-state index is 11.7. The normalized spacial score (nSPS) is 20.4. The largest absolute Gasteiger partial charge is 0.465 e. The lowest BCUT2D eigenvalue weighted by molar-refractivity contribution is 0.0748. The smallest absolute Gasteiger partial charge is 0.407 e. The molecule has 0 radical (unpaired) electrons. The fourth-order valence-electron chi connectivity index (χ4n) is 4.54. The molecule has 2 atom stereocenters. The first kappa shape index (κ1) is 27.3. The van der Waals surface area contributed by atoms with Gasteiger partial charge in [-0.05, 0) is 58.5 Å². The van der Waals surface area contributed by atoms with Crippen LogP contribution in [0.4, 0.5) is 27.9 Å². The molecular weight excluding hydrogens is 536 g/mol. The highest BCUT2D eigenvalue weighted by Gasteiger charge is 2.38. The molecule has 2 aliphatic heterocycles. The zero-order valence-electron chi connectivity index (χ0n) is 20.6. The predicted molar refractivity (Wildman–Crippen MR) is 144 cm³/mol. The summed E-state index contributed by atoms with van der Waals surface area (Å²) in [5, 5.41) is 12.9. The Morgan fingerprint density at radius 3 is 2.57 bits per heavy atom. The molecule has 2 unspecified atom stereocenters. The molecule has 2 aliphatic rings. The highest BCUT2D eigenvalue weighted by atomic mass is 79.9. The number of anilines is 4. The standard InChI is InChI=1S/C24H33BrN6O3.ClH/c1-24(2,3)19-15-30(11-12-31(19)23(32)33)17-9-7-16(8-10-17)27-22-26-14-18(25)21(28-22)29(4)20-6-5-13-34-20;/h7-10,14,19-20H,5-6,11-13,15H2,1-4H3,(H,32,33)(H,26,27,28);1H. The number of rotatable bonds is 5. The van der Waals surface area contributed by atoms with Crippen LogP contribution < -0.4 is 15.1 Å². The van der Waals surface area contributed by atoms with E-state index in [0.717, 1.165) is 41.1 Å². The molecule has 11 heteroatoms. The molecule has 192 valence electrons. The van der Waals surface area contributed by atoms with Gasteiger partial charge in [0.1, 0.15) is 12.0 Å². The number of aromatic nitrogens is 2. The molecule has 0 saturated carbocycles. The van der Waals surface area contributed by atoms with Crippen LogP contribution in [0.15, 0.2) is 34.9 Å². The molecule has 2 fully saturated rings. The molecule has 1 aromatic heterocycles. The molecule has 9 nitrogen and oxygen atoms in total. The van der Waals surface area contributed by atoms with E-state index in [2.05, 4.69) is 64.0 Å². The maximum absolute atomic E-state index is 11.7. The molecular formula is C24H34BrClN6O3. The van der Waals surface area contributed by atoms with Gasteiger partial charge in [-0.1, -0.05) is 20.8 Å². The van der Waals surface area contributed by atoms with Gasteiger partial charge >= 0.3 is 6.09 Å². The van der Waals surface area contributed by atoms with Gasteiger partial charge in [-0.25, -0.2) is 9.78 Å². The topological polar surface area (TPSA) is 94.1 Å². The fourth-order valence-corrected chi connectivity index (χ4v) is 5.01. The number of halogens is 2. The quantitative estimate of drug-likeness (QED) is 0.508. The highest BCUT2D eigenvalue weighted by molar-refractivity contribution is 9.10. The van der Waals surface area contributed by atoms with E-state index in [9.17, 15) is 9.90 Å². The van der Waals surface area contributed by atoms with Crippen molar-refractivity contribution in [3.05, 3.63) is 34.9 Å². The van der Waals surface area contributed by atoms with Crippen molar-refractivity contribution in [1.29, 1.82) is 0 Å². The van der Waals surface area contributed by atoms with Crippen molar-refractivity contribution in [2.75, 3.05) is 48.4 Å². The summed E-state index contributed by atoms with van der Waals surface area (Å²) in [6.07, 6.45) is 2.96. The van der Waals surface area contributed by atoms with E-state index in [4.69, 9.17) is 9.72 Å². The molecule has 0 aliphatic carbocycles. The van der Waals surface area contributed by atoms with Crippen molar-refractivity contribution in [3.8, 4) is 0 Å². The Morgan fingerprint density at radius 2 is 1.97 bits per heavy atom. The molecule has 1 aromatic carbocycles. The van der Waals surface area contributed by atoms with Gasteiger partial charge in [-0.2, -0.15) is 4.98 Å². The minimum absolute atomic E-state index is 0. The minimum Gasteiger partial charge on any atom is -0.465 e. The van der Waals surface area contributed by atoms with Crippen molar-refractivity contribution in [1.82, 2.24) is 14.9 Å². The van der Waals surface area contributed by atoms with E-state index in [1.54, 1.807) is 11.1 Å². The zero-order valence-corrected chi connectivity index (χ0v) is 23.0. The van der Waals surface area contributed by atoms with Crippen LogP contribution in [-0.2, 0) is 4.74 Å². The molecule has 0 spiro atoms. The Kier molecular flexibility index (Phi) is 8.72. The summed E-state index contributed by atoms with van der Waals surface area (Å²) in [5.74, 6) is 1.30. The summed E-state index contributed by atoms with van der Waals surface area (Å²) in [6, 6.07) is 8.03. The monoisotopic (exact) mass is 568 g/mol. The third-order valence-corrected chi connectivity index (χ3v) is 7.07. The number of hydrogen-bond acceptors (Lipinski definition) is 7. The zero-order chi connectivity index (χ0) is 24.5. The number of nitrogens with one attached hydrogen (secondary N) is 1. The first-order chi connectivity index (χ1) is 16.1. The molecule has 2 N–H and O–H groups in total. The van der Waals surface area contributed by atoms with Crippen molar-refractivity contribution in [2.24, 2.45) is 5.41 Å². The number of carboxylic acid groups (broad SMARTS) is 1. The number of amides is 1. The van der Waals surface area contributed by atoms with Crippen LogP contribution in [0.25, 0.3) is 0 Å². The predicted octanol–water partition coefficient (Wildman–Crippen LogP) is 5.19. The van der Waals surface area contributed by atoms with Crippen LogP contribution in [0.5, 0.6) is 0 Å². The van der Waals surface area contributed by atoms with Crippen LogP contribution in [0.2, 0.25) is 0 Å². The summed E-state index contributed by atoms with van der Waals surface area (Å²) in [7, 11) is 1.98. The number of piperazine rings is 1. The second-order valence-electron chi connectivity index (χ2n) is 9.92. The first-order valence-electron chi connectivity index (χ1n) is 11.6. The van der Waals surface area contributed by atoms with Crippen LogP contribution in [0.3, 0.4) is 0 Å². The summed E-state index contributed by atoms with van der Waals surface area (Å²) in [4.78, 5) is 26.7. The Bertz CT molecular complexity index is 1010. The molecule has 3 heterocycles. The van der Waals surface area contributed by atoms with Gasteiger partial charge in [-0.15, -0.1) is 12.4 Å². The van der Waals surface area contributed by atoms with E-state index < -0.39 is 6.09 Å². The summed E-state index contributed by atoms with van der Waals surface area (Å²) in [6.45, 7) is 8.87. The lowest BCUT2D eigenvalue weighted by Crippen LogP contribution is -2.59. The summed E-state index contributed by atoms with van der Waals surface area (Å²) < 4.78 is 6.61.